The van der Waals surface area contributed by atoms with Crippen molar-refractivity contribution in [2.24, 2.45) is 0 Å². The van der Waals surface area contributed by atoms with Crippen LogP contribution >= 0.6 is 0 Å². The first-order valence-electron chi connectivity index (χ1n) is 4.43. The van der Waals surface area contributed by atoms with Crippen molar-refractivity contribution in [3.8, 4) is 0 Å². The van der Waals surface area contributed by atoms with Gasteiger partial charge in [0.05, 0.1) is 0 Å². The van der Waals surface area contributed by atoms with Gasteiger partial charge in [-0.3, -0.25) is 0 Å². The van der Waals surface area contributed by atoms with Crippen molar-refractivity contribution in [3.05, 3.63) is 30.3 Å². The van der Waals surface area contributed by atoms with Gasteiger partial charge in [0.25, 0.3) is 0 Å². The Labute approximate surface area is 93.8 Å². The molecule has 1 aromatic carbocycles. The molecule has 0 amide bonds. The van der Waals surface area contributed by atoms with Gasteiger partial charge in [-0.25, -0.2) is 0 Å². The van der Waals surface area contributed by atoms with Crippen molar-refractivity contribution in [2.45, 2.75) is 24.4 Å². The van der Waals surface area contributed by atoms with Gasteiger partial charge in [-0.2, -0.15) is 0 Å². The summed E-state index contributed by atoms with van der Waals surface area (Å²) in [6.07, 6.45) is 0. The van der Waals surface area contributed by atoms with Crippen LogP contribution in [0.3, 0.4) is 0 Å². The molecular weight excluding hydrogens is 197 g/mol. The van der Waals surface area contributed by atoms with Crippen LogP contribution in [-0.2, 0) is 0 Å². The molecule has 0 fully saturated rings. The third kappa shape index (κ3) is 11.8. The summed E-state index contributed by atoms with van der Waals surface area (Å²) < 4.78 is 0. The number of hydrogen-bond donors (Lipinski definition) is 1. The van der Waals surface area contributed by atoms with E-state index >= 15 is 0 Å². The molecule has 0 saturated carbocycles. The Morgan fingerprint density at radius 2 is 1.54 bits per heavy atom. The Morgan fingerprint density at radius 1 is 1.08 bits per heavy atom. The van der Waals surface area contributed by atoms with Crippen molar-refractivity contribution >= 4 is 20.9 Å². The van der Waals surface area contributed by atoms with Gasteiger partial charge in [-0.1, -0.05) is 18.2 Å². The number of nitrogen functional groups attached to an aromatic ring is 1. The van der Waals surface area contributed by atoms with Gasteiger partial charge in [0, 0.05) is 5.69 Å². The van der Waals surface area contributed by atoms with Gasteiger partial charge in [-0.05, 0) is 12.1 Å². The average molecular weight is 214 g/mol. The van der Waals surface area contributed by atoms with E-state index in [1.165, 1.54) is 10.6 Å². The van der Waals surface area contributed by atoms with Gasteiger partial charge in [-0.15, -0.1) is 0 Å². The van der Waals surface area contributed by atoms with E-state index in [0.29, 0.717) is 0 Å². The number of halogens is 1. The summed E-state index contributed by atoms with van der Waals surface area (Å²) in [6, 6.07) is 9.49. The molecule has 0 aromatic heterocycles. The molecule has 0 aliphatic rings. The van der Waals surface area contributed by atoms with Crippen LogP contribution < -0.4 is 18.1 Å². The zero-order chi connectivity index (χ0) is 9.23. The van der Waals surface area contributed by atoms with E-state index in [0.717, 1.165) is 20.9 Å². The largest absolute Gasteiger partial charge is 1.00 e. The molecule has 0 heterocycles. The van der Waals surface area contributed by atoms with E-state index in [1.807, 2.05) is 30.3 Å². The summed E-state index contributed by atoms with van der Waals surface area (Å²) in [5.74, 6) is 0. The Bertz CT molecular complexity index is 178. The van der Waals surface area contributed by atoms with Crippen LogP contribution in [0.5, 0.6) is 0 Å². The number of hydrogen-bond acceptors (Lipinski definition) is 1. The number of benzene rings is 1. The van der Waals surface area contributed by atoms with E-state index in [1.54, 1.807) is 0 Å². The Hall–Kier alpha value is -0.158. The van der Waals surface area contributed by atoms with Gasteiger partial charge in [0.1, 0.15) is 0 Å². The van der Waals surface area contributed by atoms with Crippen LogP contribution in [0.4, 0.5) is 5.69 Å². The second-order valence-corrected chi connectivity index (χ2v) is 4.73. The first kappa shape index (κ1) is 15.3. The van der Waals surface area contributed by atoms with Gasteiger partial charge < -0.3 is 18.1 Å². The third-order valence-corrected chi connectivity index (χ3v) is 2.53. The maximum atomic E-state index is 5.36. The molecular formula is C10H17AlClN. The molecule has 0 bridgehead atoms. The number of anilines is 1. The molecule has 0 spiro atoms. The maximum Gasteiger partial charge on any atom is 0.0313 e. The quantitative estimate of drug-likeness (QED) is 0.536. The number of nitrogens with two attached hydrogens (primary N) is 1. The van der Waals surface area contributed by atoms with E-state index in [-0.39, 0.29) is 12.4 Å². The first-order valence-corrected chi connectivity index (χ1v) is 6.06. The van der Waals surface area contributed by atoms with Crippen LogP contribution in [0.15, 0.2) is 30.3 Å². The molecule has 72 valence electrons. The summed E-state index contributed by atoms with van der Waals surface area (Å²) in [7, 11) is 0. The fourth-order valence-corrected chi connectivity index (χ4v) is 1.32. The second-order valence-electron chi connectivity index (χ2n) is 2.52. The smallest absolute Gasteiger partial charge is 0.0313 e. The molecule has 0 unspecified atom stereocenters. The summed E-state index contributed by atoms with van der Waals surface area (Å²) in [6.45, 7) is 4.50. The van der Waals surface area contributed by atoms with Crippen molar-refractivity contribution in [1.29, 1.82) is 0 Å². The van der Waals surface area contributed by atoms with Gasteiger partial charge in [0.15, 0.2) is 0 Å². The standard InChI is InChI=1S/C6H7N.2C2H5.Al.ClH/c7-6-4-2-1-3-5-6;2*1-2;;/h1-5H,7H2;2*1H2,2H3;;1H/q;;;+1;/p-1. The monoisotopic (exact) mass is 213 g/mol. The molecule has 1 nitrogen and oxygen atoms in total. The molecule has 13 heavy (non-hydrogen) atoms. The normalized spacial score (nSPS) is 7.23. The molecule has 0 saturated heterocycles. The zero-order valence-electron chi connectivity index (χ0n) is 8.33. The summed E-state index contributed by atoms with van der Waals surface area (Å²) in [5, 5.41) is 2.85. The van der Waals surface area contributed by atoms with Crippen molar-refractivity contribution in [2.75, 3.05) is 5.73 Å². The maximum absolute atomic E-state index is 5.36. The minimum atomic E-state index is 0. The summed E-state index contributed by atoms with van der Waals surface area (Å²) >= 11 is 0.815. The van der Waals surface area contributed by atoms with Crippen molar-refractivity contribution in [3.63, 3.8) is 0 Å². The first-order chi connectivity index (χ1) is 5.81. The summed E-state index contributed by atoms with van der Waals surface area (Å²) in [5.41, 5.74) is 6.18. The van der Waals surface area contributed by atoms with Gasteiger partial charge >= 0.3 is 39.6 Å². The third-order valence-electron chi connectivity index (χ3n) is 1.38. The average Bonchev–Trinajstić information content (AvgIpc) is 2.08. The number of rotatable bonds is 2. The van der Waals surface area contributed by atoms with Crippen molar-refractivity contribution in [1.82, 2.24) is 0 Å². The van der Waals surface area contributed by atoms with E-state index < -0.39 is 0 Å². The van der Waals surface area contributed by atoms with E-state index in [4.69, 9.17) is 5.73 Å². The predicted octanol–water partition coefficient (Wildman–Crippen LogP) is -0.160. The Kier molecular flexibility index (Phi) is 14.0. The molecule has 3 heteroatoms. The fraction of sp³-hybridized carbons (Fsp3) is 0.400. The molecule has 0 atom stereocenters. The topological polar surface area (TPSA) is 26.0 Å². The second kappa shape index (κ2) is 11.8. The molecule has 0 aliphatic heterocycles. The van der Waals surface area contributed by atoms with Crippen LogP contribution in [0.1, 0.15) is 13.8 Å². The van der Waals surface area contributed by atoms with Crippen LogP contribution in [0.2, 0.25) is 10.6 Å². The van der Waals surface area contributed by atoms with E-state index in [2.05, 4.69) is 13.8 Å². The molecule has 2 N–H and O–H groups in total. The minimum absolute atomic E-state index is 0. The molecule has 0 radical (unpaired) electrons. The summed E-state index contributed by atoms with van der Waals surface area (Å²) in [4.78, 5) is 0. The minimum Gasteiger partial charge on any atom is -1.00 e. The fourth-order valence-electron chi connectivity index (χ4n) is 0.742. The molecule has 1 rings (SSSR count). The predicted molar refractivity (Wildman–Crippen MR) is 57.6 cm³/mol. The van der Waals surface area contributed by atoms with Crippen LogP contribution in [0.25, 0.3) is 0 Å². The van der Waals surface area contributed by atoms with Crippen LogP contribution in [0, 0.1) is 0 Å². The van der Waals surface area contributed by atoms with E-state index in [9.17, 15) is 0 Å². The molecule has 1 aromatic rings. The van der Waals surface area contributed by atoms with Crippen LogP contribution in [-0.4, -0.2) is 15.2 Å². The number of para-hydroxylation sites is 1. The SMILES string of the molecule is C[CH2][Al+][CH2]C.Nc1ccccc1.[Cl-]. The Morgan fingerprint density at radius 3 is 1.69 bits per heavy atom. The van der Waals surface area contributed by atoms with Crippen molar-refractivity contribution < 1.29 is 12.4 Å². The molecule has 0 aliphatic carbocycles. The zero-order valence-corrected chi connectivity index (χ0v) is 10.2. The Balaban J connectivity index is 0. The van der Waals surface area contributed by atoms with Gasteiger partial charge in [0.2, 0.25) is 0 Å².